The van der Waals surface area contributed by atoms with Crippen LogP contribution in [-0.4, -0.2) is 42.0 Å². The predicted octanol–water partition coefficient (Wildman–Crippen LogP) is 1.06. The molecule has 14 heavy (non-hydrogen) atoms. The van der Waals surface area contributed by atoms with Crippen molar-refractivity contribution in [3.63, 3.8) is 0 Å². The van der Waals surface area contributed by atoms with Crippen LogP contribution in [-0.2, 0) is 4.79 Å². The van der Waals surface area contributed by atoms with Crippen molar-refractivity contribution in [2.24, 2.45) is 5.92 Å². The lowest BCUT2D eigenvalue weighted by atomic mass is 9.82. The van der Waals surface area contributed by atoms with Crippen LogP contribution in [0.5, 0.6) is 0 Å². The summed E-state index contributed by atoms with van der Waals surface area (Å²) in [7, 11) is 2.09. The molecule has 0 spiro atoms. The van der Waals surface area contributed by atoms with Crippen LogP contribution >= 0.6 is 0 Å². The second kappa shape index (κ2) is 5.47. The monoisotopic (exact) mass is 199 g/mol. The average Bonchev–Trinajstić information content (AvgIpc) is 2.00. The van der Waals surface area contributed by atoms with E-state index in [1.54, 1.807) is 6.92 Å². The molecule has 0 bridgehead atoms. The number of aliphatic hydroxyl groups excluding tert-OH is 1. The number of ketones is 1. The van der Waals surface area contributed by atoms with Crippen molar-refractivity contribution in [2.75, 3.05) is 20.1 Å². The minimum absolute atomic E-state index is 0.0504. The Labute approximate surface area is 86.1 Å². The zero-order valence-electron chi connectivity index (χ0n) is 9.20. The second-order valence-corrected chi connectivity index (χ2v) is 4.56. The minimum atomic E-state index is -0.0504. The first kappa shape index (κ1) is 11.7. The van der Waals surface area contributed by atoms with E-state index in [9.17, 15) is 4.79 Å². The lowest BCUT2D eigenvalue weighted by Crippen LogP contribution is -2.37. The quantitative estimate of drug-likeness (QED) is 0.695. The van der Waals surface area contributed by atoms with Crippen molar-refractivity contribution < 1.29 is 9.90 Å². The number of hydrogen-bond donors (Lipinski definition) is 1. The molecule has 1 aliphatic rings. The molecule has 3 heteroatoms. The van der Waals surface area contributed by atoms with E-state index in [1.807, 2.05) is 0 Å². The summed E-state index contributed by atoms with van der Waals surface area (Å²) in [6.07, 6.45) is 3.51. The number of aliphatic hydroxyl groups is 1. The van der Waals surface area contributed by atoms with Gasteiger partial charge >= 0.3 is 0 Å². The molecule has 0 aromatic carbocycles. The summed E-state index contributed by atoms with van der Waals surface area (Å²) >= 11 is 0. The molecule has 0 saturated heterocycles. The molecular formula is C11H21NO2. The maximum absolute atomic E-state index is 10.7. The van der Waals surface area contributed by atoms with Gasteiger partial charge in [0.05, 0.1) is 6.10 Å². The first-order valence-electron chi connectivity index (χ1n) is 5.44. The number of hydrogen-bond acceptors (Lipinski definition) is 3. The normalized spacial score (nSPS) is 26.3. The third kappa shape index (κ3) is 4.20. The SMILES string of the molecule is CC(=O)CCCN(C)CC1CC(O)C1. The summed E-state index contributed by atoms with van der Waals surface area (Å²) in [5.41, 5.74) is 0. The van der Waals surface area contributed by atoms with Crippen LogP contribution < -0.4 is 0 Å². The standard InChI is InChI=1S/C11H21NO2/c1-9(13)4-3-5-12(2)8-10-6-11(14)7-10/h10-11,14H,3-8H2,1-2H3. The van der Waals surface area contributed by atoms with Crippen LogP contribution in [0.1, 0.15) is 32.6 Å². The third-order valence-corrected chi connectivity index (χ3v) is 2.85. The Kier molecular flexibility index (Phi) is 4.55. The fourth-order valence-corrected chi connectivity index (χ4v) is 1.98. The first-order chi connectivity index (χ1) is 6.58. The summed E-state index contributed by atoms with van der Waals surface area (Å²) in [5, 5.41) is 9.12. The molecule has 1 fully saturated rings. The molecule has 0 heterocycles. The smallest absolute Gasteiger partial charge is 0.129 e. The molecule has 1 saturated carbocycles. The Hall–Kier alpha value is -0.410. The maximum Gasteiger partial charge on any atom is 0.129 e. The fraction of sp³-hybridized carbons (Fsp3) is 0.909. The molecule has 0 radical (unpaired) electrons. The van der Waals surface area contributed by atoms with Gasteiger partial charge in [-0.25, -0.2) is 0 Å². The molecule has 0 aromatic heterocycles. The molecule has 0 aromatic rings. The van der Waals surface area contributed by atoms with Crippen LogP contribution in [0.25, 0.3) is 0 Å². The number of carbonyl (C=O) groups excluding carboxylic acids is 1. The third-order valence-electron chi connectivity index (χ3n) is 2.85. The molecule has 0 amide bonds. The number of Topliss-reactive ketones (excluding diaryl/α,β-unsaturated/α-hetero) is 1. The van der Waals surface area contributed by atoms with Gasteiger partial charge in [0.15, 0.2) is 0 Å². The van der Waals surface area contributed by atoms with Crippen molar-refractivity contribution in [1.29, 1.82) is 0 Å². The highest BCUT2D eigenvalue weighted by Gasteiger charge is 2.27. The average molecular weight is 199 g/mol. The number of rotatable bonds is 6. The highest BCUT2D eigenvalue weighted by Crippen LogP contribution is 2.27. The Bertz CT molecular complexity index is 188. The van der Waals surface area contributed by atoms with E-state index < -0.39 is 0 Å². The van der Waals surface area contributed by atoms with Gasteiger partial charge in [-0.15, -0.1) is 0 Å². The molecule has 0 unspecified atom stereocenters. The van der Waals surface area contributed by atoms with Gasteiger partial charge in [-0.05, 0) is 45.7 Å². The largest absolute Gasteiger partial charge is 0.393 e. The van der Waals surface area contributed by atoms with E-state index in [4.69, 9.17) is 5.11 Å². The maximum atomic E-state index is 10.7. The fourth-order valence-electron chi connectivity index (χ4n) is 1.98. The van der Waals surface area contributed by atoms with Crippen LogP contribution in [0, 0.1) is 5.92 Å². The molecule has 1 rings (SSSR count). The van der Waals surface area contributed by atoms with E-state index >= 15 is 0 Å². The van der Waals surface area contributed by atoms with Gasteiger partial charge in [-0.2, -0.15) is 0 Å². The van der Waals surface area contributed by atoms with Gasteiger partial charge in [-0.1, -0.05) is 0 Å². The molecule has 0 aliphatic heterocycles. The summed E-state index contributed by atoms with van der Waals surface area (Å²) in [6.45, 7) is 3.70. The predicted molar refractivity (Wildman–Crippen MR) is 56.1 cm³/mol. The summed E-state index contributed by atoms with van der Waals surface area (Å²) in [5.74, 6) is 0.949. The number of carbonyl (C=O) groups is 1. The van der Waals surface area contributed by atoms with E-state index in [0.717, 1.165) is 32.4 Å². The first-order valence-corrected chi connectivity index (χ1v) is 5.44. The van der Waals surface area contributed by atoms with Gasteiger partial charge in [0.25, 0.3) is 0 Å². The minimum Gasteiger partial charge on any atom is -0.393 e. The highest BCUT2D eigenvalue weighted by molar-refractivity contribution is 5.75. The van der Waals surface area contributed by atoms with Crippen molar-refractivity contribution in [1.82, 2.24) is 4.90 Å². The lowest BCUT2D eigenvalue weighted by Gasteiger charge is -2.34. The second-order valence-electron chi connectivity index (χ2n) is 4.56. The van der Waals surface area contributed by atoms with E-state index in [1.165, 1.54) is 0 Å². The Balaban J connectivity index is 1.99. The summed E-state index contributed by atoms with van der Waals surface area (Å²) < 4.78 is 0. The van der Waals surface area contributed by atoms with Crippen molar-refractivity contribution in [2.45, 2.75) is 38.7 Å². The Morgan fingerprint density at radius 1 is 1.50 bits per heavy atom. The Morgan fingerprint density at radius 2 is 2.14 bits per heavy atom. The van der Waals surface area contributed by atoms with Gasteiger partial charge < -0.3 is 14.8 Å². The van der Waals surface area contributed by atoms with Crippen LogP contribution in [0.15, 0.2) is 0 Å². The van der Waals surface area contributed by atoms with Crippen molar-refractivity contribution >= 4 is 5.78 Å². The van der Waals surface area contributed by atoms with E-state index in [0.29, 0.717) is 12.3 Å². The Morgan fingerprint density at radius 3 is 2.64 bits per heavy atom. The topological polar surface area (TPSA) is 40.5 Å². The molecule has 1 N–H and O–H groups in total. The summed E-state index contributed by atoms with van der Waals surface area (Å²) in [6, 6.07) is 0. The molecule has 0 atom stereocenters. The lowest BCUT2D eigenvalue weighted by molar-refractivity contribution is -0.117. The van der Waals surface area contributed by atoms with Gasteiger partial charge in [0.1, 0.15) is 5.78 Å². The van der Waals surface area contributed by atoms with Crippen LogP contribution in [0.4, 0.5) is 0 Å². The van der Waals surface area contributed by atoms with Gasteiger partial charge in [-0.3, -0.25) is 0 Å². The van der Waals surface area contributed by atoms with Gasteiger partial charge in [0.2, 0.25) is 0 Å². The van der Waals surface area contributed by atoms with Crippen LogP contribution in [0.2, 0.25) is 0 Å². The van der Waals surface area contributed by atoms with E-state index in [2.05, 4.69) is 11.9 Å². The zero-order chi connectivity index (χ0) is 10.6. The number of nitrogens with zero attached hydrogens (tertiary/aromatic N) is 1. The van der Waals surface area contributed by atoms with Crippen molar-refractivity contribution in [3.05, 3.63) is 0 Å². The molecule has 3 nitrogen and oxygen atoms in total. The van der Waals surface area contributed by atoms with Gasteiger partial charge in [0, 0.05) is 13.0 Å². The van der Waals surface area contributed by atoms with Crippen LogP contribution in [0.3, 0.4) is 0 Å². The molecule has 1 aliphatic carbocycles. The molecular weight excluding hydrogens is 178 g/mol. The summed E-state index contributed by atoms with van der Waals surface area (Å²) in [4.78, 5) is 13.0. The highest BCUT2D eigenvalue weighted by atomic mass is 16.3. The zero-order valence-corrected chi connectivity index (χ0v) is 9.20. The van der Waals surface area contributed by atoms with Crippen molar-refractivity contribution in [3.8, 4) is 0 Å². The molecule has 82 valence electrons. The van der Waals surface area contributed by atoms with E-state index in [-0.39, 0.29) is 11.9 Å².